The lowest BCUT2D eigenvalue weighted by atomic mass is 9.77. The Labute approximate surface area is 253 Å². The summed E-state index contributed by atoms with van der Waals surface area (Å²) in [6.07, 6.45) is 7.47. The fourth-order valence-electron chi connectivity index (χ4n) is 7.72. The molecule has 0 aromatic heterocycles. The Hall–Kier alpha value is -3.75. The molecule has 6 atom stereocenters. The zero-order valence-electron chi connectivity index (χ0n) is 25.3. The fourth-order valence-corrected chi connectivity index (χ4v) is 7.72. The minimum Gasteiger partial charge on any atom is -0.394 e. The summed E-state index contributed by atoms with van der Waals surface area (Å²) in [4.78, 5) is 48.9. The molecular weight excluding hydrogens is 542 g/mol. The number of rotatable bonds is 7. The van der Waals surface area contributed by atoms with Gasteiger partial charge in [0.25, 0.3) is 5.91 Å². The number of anilines is 1. The molecule has 0 saturated carbocycles. The smallest absolute Gasteiger partial charge is 0.253 e. The number of aliphatic hydroxyl groups excluding tert-OH is 1. The molecule has 1 spiro atoms. The Bertz CT molecular complexity index is 1450. The highest BCUT2D eigenvalue weighted by atomic mass is 16.5. The SMILES string of the molecule is Cc1cccc(C)c1N1CC=C[C@]23O[C@H]4C=CCN(Cc5ccccc5)C(=O)[C@H]4[C@H]2C(=O)N([C@@H](CO)CC(C)C)C3C1=O. The van der Waals surface area contributed by atoms with Crippen LogP contribution in [-0.4, -0.2) is 76.1 Å². The van der Waals surface area contributed by atoms with Crippen molar-refractivity contribution in [3.05, 3.63) is 89.5 Å². The summed E-state index contributed by atoms with van der Waals surface area (Å²) in [7, 11) is 0. The van der Waals surface area contributed by atoms with Crippen LogP contribution >= 0.6 is 0 Å². The largest absolute Gasteiger partial charge is 0.394 e. The van der Waals surface area contributed by atoms with Crippen molar-refractivity contribution >= 4 is 23.4 Å². The van der Waals surface area contributed by atoms with Gasteiger partial charge in [0.05, 0.1) is 30.6 Å². The predicted molar refractivity (Wildman–Crippen MR) is 164 cm³/mol. The number of fused-ring (bicyclic) bond motifs is 2. The molecule has 4 aliphatic rings. The number of carbonyl (C=O) groups excluding carboxylic acids is 3. The van der Waals surface area contributed by atoms with Gasteiger partial charge in [-0.15, -0.1) is 0 Å². The van der Waals surface area contributed by atoms with Crippen LogP contribution in [0.15, 0.2) is 72.8 Å². The van der Waals surface area contributed by atoms with Gasteiger partial charge in [0.1, 0.15) is 11.6 Å². The van der Waals surface area contributed by atoms with Crippen LogP contribution < -0.4 is 4.90 Å². The zero-order chi connectivity index (χ0) is 30.5. The quantitative estimate of drug-likeness (QED) is 0.501. The van der Waals surface area contributed by atoms with Crippen LogP contribution in [0.5, 0.6) is 0 Å². The van der Waals surface area contributed by atoms with Crippen molar-refractivity contribution in [1.29, 1.82) is 0 Å². The molecule has 0 bridgehead atoms. The Morgan fingerprint density at radius 1 is 0.930 bits per heavy atom. The second-order valence-electron chi connectivity index (χ2n) is 12.8. The first-order chi connectivity index (χ1) is 20.7. The van der Waals surface area contributed by atoms with Crippen molar-refractivity contribution in [3.63, 3.8) is 0 Å². The highest BCUT2D eigenvalue weighted by molar-refractivity contribution is 6.06. The van der Waals surface area contributed by atoms with Gasteiger partial charge in [-0.05, 0) is 42.9 Å². The maximum absolute atomic E-state index is 14.8. The zero-order valence-corrected chi connectivity index (χ0v) is 25.3. The van der Waals surface area contributed by atoms with E-state index >= 15 is 0 Å². The number of aliphatic hydroxyl groups is 1. The third-order valence-corrected chi connectivity index (χ3v) is 9.45. The normalized spacial score (nSPS) is 29.1. The monoisotopic (exact) mass is 583 g/mol. The average Bonchev–Trinajstić information content (AvgIpc) is 3.31. The van der Waals surface area contributed by atoms with Crippen molar-refractivity contribution < 1.29 is 24.2 Å². The average molecular weight is 584 g/mol. The number of carbonyl (C=O) groups is 3. The van der Waals surface area contributed by atoms with E-state index < -0.39 is 35.6 Å². The lowest BCUT2D eigenvalue weighted by Gasteiger charge is -2.39. The molecule has 0 aliphatic carbocycles. The topological polar surface area (TPSA) is 90.4 Å². The van der Waals surface area contributed by atoms with E-state index in [2.05, 4.69) is 0 Å². The number of likely N-dealkylation sites (tertiary alicyclic amines) is 1. The molecule has 1 unspecified atom stereocenters. The summed E-state index contributed by atoms with van der Waals surface area (Å²) >= 11 is 0. The van der Waals surface area contributed by atoms with E-state index in [1.807, 2.05) is 101 Å². The Kier molecular flexibility index (Phi) is 7.77. The summed E-state index contributed by atoms with van der Waals surface area (Å²) in [6.45, 7) is 8.87. The van der Waals surface area contributed by atoms with Crippen molar-refractivity contribution in [2.24, 2.45) is 17.8 Å². The molecule has 2 fully saturated rings. The number of benzene rings is 2. The number of nitrogens with zero attached hydrogens (tertiary/aromatic N) is 3. The van der Waals surface area contributed by atoms with Crippen LogP contribution in [0, 0.1) is 31.6 Å². The van der Waals surface area contributed by atoms with E-state index in [9.17, 15) is 19.5 Å². The molecule has 4 aliphatic heterocycles. The molecule has 4 heterocycles. The van der Waals surface area contributed by atoms with Crippen LogP contribution in [0.1, 0.15) is 37.0 Å². The molecule has 6 rings (SSSR count). The molecule has 226 valence electrons. The first kappa shape index (κ1) is 29.3. The lowest BCUT2D eigenvalue weighted by Crippen LogP contribution is -2.58. The second-order valence-corrected chi connectivity index (χ2v) is 12.8. The number of aryl methyl sites for hydroxylation is 2. The molecule has 8 heteroatoms. The van der Waals surface area contributed by atoms with Gasteiger partial charge < -0.3 is 24.5 Å². The van der Waals surface area contributed by atoms with E-state index in [0.717, 1.165) is 22.4 Å². The first-order valence-corrected chi connectivity index (χ1v) is 15.3. The van der Waals surface area contributed by atoms with Gasteiger partial charge in [0.15, 0.2) is 0 Å². The first-order valence-electron chi connectivity index (χ1n) is 15.3. The maximum atomic E-state index is 14.8. The molecule has 1 N–H and O–H groups in total. The molecule has 3 amide bonds. The number of hydrogen-bond acceptors (Lipinski definition) is 5. The fraction of sp³-hybridized carbons (Fsp3) is 0.457. The molecule has 2 saturated heterocycles. The van der Waals surface area contributed by atoms with Gasteiger partial charge >= 0.3 is 0 Å². The van der Waals surface area contributed by atoms with Crippen LogP contribution in [0.25, 0.3) is 0 Å². The van der Waals surface area contributed by atoms with Gasteiger partial charge in [-0.1, -0.05) is 86.7 Å². The van der Waals surface area contributed by atoms with E-state index in [0.29, 0.717) is 26.1 Å². The Morgan fingerprint density at radius 3 is 2.33 bits per heavy atom. The standard InChI is InChI=1S/C35H41N3O5/c1-22(2)19-26(21-39)38-31-34(42)37(30-23(3)11-8-12-24(30)4)18-10-16-35(31)29(33(38)41)28-27(43-35)15-9-17-36(32(28)40)20-25-13-6-5-7-14-25/h5-16,22,26-29,31,39H,17-21H2,1-4H3/t26-,27+,28-,29+,31?,35+/m1/s1. The van der Waals surface area contributed by atoms with Gasteiger partial charge in [-0.3, -0.25) is 14.4 Å². The maximum Gasteiger partial charge on any atom is 0.253 e. The molecule has 2 aromatic rings. The summed E-state index contributed by atoms with van der Waals surface area (Å²) in [6, 6.07) is 14.1. The van der Waals surface area contributed by atoms with Crippen molar-refractivity contribution in [1.82, 2.24) is 9.80 Å². The van der Waals surface area contributed by atoms with E-state index in [1.54, 1.807) is 14.7 Å². The van der Waals surface area contributed by atoms with E-state index in [-0.39, 0.29) is 30.2 Å². The van der Waals surface area contributed by atoms with E-state index in [4.69, 9.17) is 4.74 Å². The van der Waals surface area contributed by atoms with Gasteiger partial charge in [-0.25, -0.2) is 0 Å². The summed E-state index contributed by atoms with van der Waals surface area (Å²) in [5, 5.41) is 10.6. The predicted octanol–water partition coefficient (Wildman–Crippen LogP) is 3.79. The van der Waals surface area contributed by atoms with Crippen LogP contribution in [0.4, 0.5) is 5.69 Å². The van der Waals surface area contributed by atoms with Crippen molar-refractivity contribution in [2.75, 3.05) is 24.6 Å². The molecule has 43 heavy (non-hydrogen) atoms. The minimum atomic E-state index is -1.34. The molecule has 2 aromatic carbocycles. The molecule has 0 radical (unpaired) electrons. The molecule has 8 nitrogen and oxygen atoms in total. The van der Waals surface area contributed by atoms with Gasteiger partial charge in [0, 0.05) is 25.3 Å². The second kappa shape index (κ2) is 11.4. The number of hydrogen-bond donors (Lipinski definition) is 1. The van der Waals surface area contributed by atoms with Crippen LogP contribution in [0.3, 0.4) is 0 Å². The van der Waals surface area contributed by atoms with Gasteiger partial charge in [0.2, 0.25) is 11.8 Å². The van der Waals surface area contributed by atoms with Gasteiger partial charge in [-0.2, -0.15) is 0 Å². The number of ether oxygens (including phenoxy) is 1. The number of amides is 3. The highest BCUT2D eigenvalue weighted by Gasteiger charge is 2.72. The number of para-hydroxylation sites is 1. The Morgan fingerprint density at radius 2 is 1.65 bits per heavy atom. The lowest BCUT2D eigenvalue weighted by molar-refractivity contribution is -0.147. The van der Waals surface area contributed by atoms with Crippen molar-refractivity contribution in [2.45, 2.75) is 64.4 Å². The van der Waals surface area contributed by atoms with Crippen LogP contribution in [0.2, 0.25) is 0 Å². The van der Waals surface area contributed by atoms with Crippen molar-refractivity contribution in [3.8, 4) is 0 Å². The minimum absolute atomic E-state index is 0.157. The summed E-state index contributed by atoms with van der Waals surface area (Å²) in [5.74, 6) is -2.22. The van der Waals surface area contributed by atoms with Crippen LogP contribution in [-0.2, 0) is 25.7 Å². The summed E-state index contributed by atoms with van der Waals surface area (Å²) < 4.78 is 6.81. The Balaban J connectivity index is 1.45. The molecular formula is C35H41N3O5. The van der Waals surface area contributed by atoms with E-state index in [1.165, 1.54) is 0 Å². The summed E-state index contributed by atoms with van der Waals surface area (Å²) in [5.41, 5.74) is 2.39. The third kappa shape index (κ3) is 4.81. The highest BCUT2D eigenvalue weighted by Crippen LogP contribution is 2.54. The third-order valence-electron chi connectivity index (χ3n) is 9.45.